The summed E-state index contributed by atoms with van der Waals surface area (Å²) in [7, 11) is 0. The van der Waals surface area contributed by atoms with Crippen LogP contribution in [0.1, 0.15) is 20.7 Å². The van der Waals surface area contributed by atoms with Crippen LogP contribution in [0.3, 0.4) is 0 Å². The molecule has 4 amide bonds. The Balaban J connectivity index is 1.44. The lowest BCUT2D eigenvalue weighted by Gasteiger charge is -2.13. The molecule has 0 atom stereocenters. The lowest BCUT2D eigenvalue weighted by Crippen LogP contribution is -2.34. The molecule has 146 valence electrons. The molecule has 0 bridgehead atoms. The Morgan fingerprint density at radius 2 is 1.62 bits per heavy atom. The summed E-state index contributed by atoms with van der Waals surface area (Å²) in [6.45, 7) is -0.361. The van der Waals surface area contributed by atoms with Gasteiger partial charge in [-0.1, -0.05) is 0 Å². The van der Waals surface area contributed by atoms with Crippen LogP contribution < -0.4 is 15.4 Å². The van der Waals surface area contributed by atoms with Crippen LogP contribution in [0.15, 0.2) is 54.2 Å². The highest BCUT2D eigenvalue weighted by Gasteiger charge is 2.30. The maximum atomic E-state index is 12.1. The van der Waals surface area contributed by atoms with Crippen molar-refractivity contribution < 1.29 is 29.0 Å². The topological polar surface area (TPSA) is 125 Å². The number of nitrogens with zero attached hydrogens (tertiary/aromatic N) is 1. The predicted octanol–water partition coefficient (Wildman–Crippen LogP) is 1.02. The number of nitrogens with one attached hydrogen (secondary N) is 2. The Kier molecular flexibility index (Phi) is 4.57. The second kappa shape index (κ2) is 7.21. The van der Waals surface area contributed by atoms with Gasteiger partial charge in [0, 0.05) is 11.8 Å². The molecule has 0 radical (unpaired) electrons. The first-order valence-corrected chi connectivity index (χ1v) is 8.69. The monoisotopic (exact) mass is 393 g/mol. The Morgan fingerprint density at radius 3 is 2.34 bits per heavy atom. The van der Waals surface area contributed by atoms with Crippen molar-refractivity contribution in [3.8, 4) is 11.5 Å². The average Bonchev–Trinajstić information content (AvgIpc) is 3.13. The fourth-order valence-corrected chi connectivity index (χ4v) is 3.02. The van der Waals surface area contributed by atoms with Gasteiger partial charge in [-0.25, -0.2) is 0 Å². The molecule has 2 aliphatic heterocycles. The van der Waals surface area contributed by atoms with Crippen molar-refractivity contribution in [3.05, 3.63) is 65.4 Å². The molecule has 9 nitrogen and oxygen atoms in total. The standard InChI is InChI=1S/C20H15N3O6/c24-8-7-23-17(25)10-16(20(23)28)21-11-1-3-12(4-2-11)29-13-5-6-14-15(9-13)19(27)22-18(14)26/h1-6,9-10,21,24H,7-8H2,(H,22,26,27). The molecule has 0 saturated carbocycles. The summed E-state index contributed by atoms with van der Waals surface area (Å²) in [5.74, 6) is -1.01. The number of β-amino-alcohol motifs (C(OH)–C–C–N with tert-alkyl or cyclic N) is 1. The van der Waals surface area contributed by atoms with Crippen LogP contribution in [0.5, 0.6) is 11.5 Å². The zero-order valence-electron chi connectivity index (χ0n) is 15.0. The van der Waals surface area contributed by atoms with E-state index in [0.717, 1.165) is 4.90 Å². The smallest absolute Gasteiger partial charge is 0.277 e. The summed E-state index contributed by atoms with van der Waals surface area (Å²) >= 11 is 0. The fourth-order valence-electron chi connectivity index (χ4n) is 3.02. The van der Waals surface area contributed by atoms with Gasteiger partial charge in [0.2, 0.25) is 0 Å². The Labute approximate surface area is 164 Å². The molecular weight excluding hydrogens is 378 g/mol. The van der Waals surface area contributed by atoms with E-state index in [4.69, 9.17) is 9.84 Å². The number of aliphatic hydroxyl groups excluding tert-OH is 1. The van der Waals surface area contributed by atoms with Crippen LogP contribution in [0.2, 0.25) is 0 Å². The Morgan fingerprint density at radius 1 is 0.931 bits per heavy atom. The molecule has 2 aromatic carbocycles. The minimum atomic E-state index is -0.504. The summed E-state index contributed by atoms with van der Waals surface area (Å²) in [4.78, 5) is 48.2. The zero-order chi connectivity index (χ0) is 20.5. The van der Waals surface area contributed by atoms with Crippen LogP contribution in [0, 0.1) is 0 Å². The van der Waals surface area contributed by atoms with E-state index in [1.165, 1.54) is 18.2 Å². The van der Waals surface area contributed by atoms with Crippen molar-refractivity contribution in [3.63, 3.8) is 0 Å². The van der Waals surface area contributed by atoms with Crippen molar-refractivity contribution in [1.29, 1.82) is 0 Å². The predicted molar refractivity (Wildman–Crippen MR) is 100 cm³/mol. The molecule has 2 aliphatic rings. The van der Waals surface area contributed by atoms with Gasteiger partial charge in [-0.05, 0) is 42.5 Å². The molecule has 2 heterocycles. The van der Waals surface area contributed by atoms with E-state index in [1.807, 2.05) is 0 Å². The van der Waals surface area contributed by atoms with Crippen LogP contribution >= 0.6 is 0 Å². The maximum absolute atomic E-state index is 12.1. The summed E-state index contributed by atoms with van der Waals surface area (Å²) in [5.41, 5.74) is 1.25. The van der Waals surface area contributed by atoms with Gasteiger partial charge >= 0.3 is 0 Å². The number of benzene rings is 2. The summed E-state index contributed by atoms with van der Waals surface area (Å²) in [6.07, 6.45) is 1.18. The summed E-state index contributed by atoms with van der Waals surface area (Å²) in [5, 5.41) is 14.0. The molecular formula is C20H15N3O6. The molecule has 0 unspecified atom stereocenters. The van der Waals surface area contributed by atoms with Crippen molar-refractivity contribution in [1.82, 2.24) is 10.2 Å². The van der Waals surface area contributed by atoms with E-state index in [2.05, 4.69) is 10.6 Å². The number of imide groups is 2. The number of hydrogen-bond acceptors (Lipinski definition) is 7. The fraction of sp³-hybridized carbons (Fsp3) is 0.100. The lowest BCUT2D eigenvalue weighted by atomic mass is 10.1. The van der Waals surface area contributed by atoms with Crippen LogP contribution in [-0.2, 0) is 9.59 Å². The average molecular weight is 393 g/mol. The molecule has 9 heteroatoms. The minimum absolute atomic E-state index is 0.0590. The highest BCUT2D eigenvalue weighted by atomic mass is 16.5. The molecule has 4 rings (SSSR count). The first-order chi connectivity index (χ1) is 14.0. The SMILES string of the molecule is O=C1NC(=O)c2cc(Oc3ccc(NC4=CC(=O)N(CCO)C4=O)cc3)ccc21. The molecule has 2 aromatic rings. The van der Waals surface area contributed by atoms with Crippen molar-refractivity contribution >= 4 is 29.3 Å². The first kappa shape index (κ1) is 18.4. The van der Waals surface area contributed by atoms with Gasteiger partial charge in [0.05, 0.1) is 24.3 Å². The first-order valence-electron chi connectivity index (χ1n) is 8.69. The molecule has 0 aliphatic carbocycles. The number of rotatable bonds is 6. The Hall–Kier alpha value is -3.98. The second-order valence-electron chi connectivity index (χ2n) is 6.32. The van der Waals surface area contributed by atoms with E-state index < -0.39 is 23.6 Å². The number of amides is 4. The lowest BCUT2D eigenvalue weighted by molar-refractivity contribution is -0.137. The van der Waals surface area contributed by atoms with Gasteiger partial charge in [0.1, 0.15) is 17.2 Å². The zero-order valence-corrected chi connectivity index (χ0v) is 15.0. The van der Waals surface area contributed by atoms with Gasteiger partial charge in [-0.15, -0.1) is 0 Å². The molecule has 0 spiro atoms. The van der Waals surface area contributed by atoms with Gasteiger partial charge < -0.3 is 15.2 Å². The number of carbonyl (C=O) groups excluding carboxylic acids is 4. The quantitative estimate of drug-likeness (QED) is 0.626. The molecule has 0 saturated heterocycles. The minimum Gasteiger partial charge on any atom is -0.457 e. The highest BCUT2D eigenvalue weighted by molar-refractivity contribution is 6.21. The molecule has 0 aromatic heterocycles. The molecule has 0 fully saturated rings. The largest absolute Gasteiger partial charge is 0.457 e. The summed E-state index contributed by atoms with van der Waals surface area (Å²) < 4.78 is 5.71. The van der Waals surface area contributed by atoms with Gasteiger partial charge in [-0.2, -0.15) is 0 Å². The second-order valence-corrected chi connectivity index (χ2v) is 6.32. The van der Waals surface area contributed by atoms with Crippen molar-refractivity contribution in [2.24, 2.45) is 0 Å². The molecule has 3 N–H and O–H groups in total. The number of hydrogen-bond donors (Lipinski definition) is 3. The number of carbonyl (C=O) groups is 4. The van der Waals surface area contributed by atoms with E-state index in [-0.39, 0.29) is 24.4 Å². The Bertz CT molecular complexity index is 1070. The van der Waals surface area contributed by atoms with Gasteiger partial charge in [-0.3, -0.25) is 29.4 Å². The van der Waals surface area contributed by atoms with E-state index in [0.29, 0.717) is 22.7 Å². The van der Waals surface area contributed by atoms with Crippen molar-refractivity contribution in [2.75, 3.05) is 18.5 Å². The highest BCUT2D eigenvalue weighted by Crippen LogP contribution is 2.27. The molecule has 29 heavy (non-hydrogen) atoms. The van der Waals surface area contributed by atoms with E-state index in [1.54, 1.807) is 30.3 Å². The van der Waals surface area contributed by atoms with Crippen LogP contribution in [-0.4, -0.2) is 46.8 Å². The van der Waals surface area contributed by atoms with Crippen molar-refractivity contribution in [2.45, 2.75) is 0 Å². The third-order valence-electron chi connectivity index (χ3n) is 4.41. The van der Waals surface area contributed by atoms with Gasteiger partial charge in [0.15, 0.2) is 0 Å². The number of anilines is 1. The number of aliphatic hydroxyl groups is 1. The van der Waals surface area contributed by atoms with E-state index in [9.17, 15) is 19.2 Å². The third kappa shape index (κ3) is 3.46. The van der Waals surface area contributed by atoms with Gasteiger partial charge in [0.25, 0.3) is 23.6 Å². The summed E-state index contributed by atoms with van der Waals surface area (Å²) in [6, 6.07) is 11.2. The normalized spacial score (nSPS) is 15.3. The van der Waals surface area contributed by atoms with E-state index >= 15 is 0 Å². The third-order valence-corrected chi connectivity index (χ3v) is 4.41. The maximum Gasteiger partial charge on any atom is 0.277 e. The van der Waals surface area contributed by atoms with Crippen LogP contribution in [0.4, 0.5) is 5.69 Å². The van der Waals surface area contributed by atoms with Crippen LogP contribution in [0.25, 0.3) is 0 Å². The number of fused-ring (bicyclic) bond motifs is 1. The number of ether oxygens (including phenoxy) is 1.